The number of piperidine rings is 1. The van der Waals surface area contributed by atoms with Gasteiger partial charge in [0.1, 0.15) is 0 Å². The van der Waals surface area contributed by atoms with Crippen LogP contribution in [0.5, 0.6) is 0 Å². The summed E-state index contributed by atoms with van der Waals surface area (Å²) in [6.07, 6.45) is 2.85. The van der Waals surface area contributed by atoms with Crippen molar-refractivity contribution >= 4 is 22.6 Å². The Morgan fingerprint density at radius 2 is 1.81 bits per heavy atom. The average Bonchev–Trinajstić information content (AvgIpc) is 2.41. The minimum Gasteiger partial charge on any atom is -0.317 e. The van der Waals surface area contributed by atoms with E-state index < -0.39 is 11.0 Å². The summed E-state index contributed by atoms with van der Waals surface area (Å²) in [4.78, 5) is 0. The standard InChI is InChI=1S/C16H25ClN2OS/c1-15(2,3)21(20)19-16(8-10-18-11-9-16)12-13-4-6-14(17)7-5-13/h4-7,18-19H,8-12H2,1-3H3. The molecule has 1 aliphatic rings. The maximum atomic E-state index is 12.5. The monoisotopic (exact) mass is 328 g/mol. The van der Waals surface area contributed by atoms with Gasteiger partial charge in [0.15, 0.2) is 0 Å². The molecule has 0 bridgehead atoms. The molecule has 0 spiro atoms. The van der Waals surface area contributed by atoms with Crippen molar-refractivity contribution in [3.8, 4) is 0 Å². The molecule has 1 unspecified atom stereocenters. The molecule has 0 amide bonds. The Hall–Kier alpha value is -0.420. The number of benzene rings is 1. The van der Waals surface area contributed by atoms with E-state index in [0.717, 1.165) is 37.4 Å². The van der Waals surface area contributed by atoms with Crippen LogP contribution in [0.1, 0.15) is 39.2 Å². The fraction of sp³-hybridized carbons (Fsp3) is 0.625. The highest BCUT2D eigenvalue weighted by molar-refractivity contribution is 7.84. The predicted molar refractivity (Wildman–Crippen MR) is 91.0 cm³/mol. The molecule has 1 atom stereocenters. The van der Waals surface area contributed by atoms with Crippen LogP contribution in [0.25, 0.3) is 0 Å². The first-order valence-electron chi connectivity index (χ1n) is 7.46. The lowest BCUT2D eigenvalue weighted by molar-refractivity contribution is 0.282. The van der Waals surface area contributed by atoms with Crippen molar-refractivity contribution in [1.29, 1.82) is 0 Å². The van der Waals surface area contributed by atoms with Crippen LogP contribution < -0.4 is 10.0 Å². The van der Waals surface area contributed by atoms with Gasteiger partial charge in [-0.1, -0.05) is 23.7 Å². The Balaban J connectivity index is 2.16. The molecule has 2 rings (SSSR count). The molecule has 2 N–H and O–H groups in total. The zero-order valence-electron chi connectivity index (χ0n) is 13.0. The van der Waals surface area contributed by atoms with Gasteiger partial charge in [-0.2, -0.15) is 0 Å². The zero-order valence-corrected chi connectivity index (χ0v) is 14.6. The zero-order chi connectivity index (χ0) is 15.5. The number of hydrogen-bond donors (Lipinski definition) is 2. The first kappa shape index (κ1) is 16.9. The third-order valence-electron chi connectivity index (χ3n) is 3.88. The molecule has 21 heavy (non-hydrogen) atoms. The fourth-order valence-corrected chi connectivity index (χ4v) is 3.66. The molecule has 0 saturated carbocycles. The number of nitrogens with one attached hydrogen (secondary N) is 2. The smallest absolute Gasteiger partial charge is 0.0975 e. The second kappa shape index (κ2) is 6.78. The second-order valence-electron chi connectivity index (χ2n) is 6.82. The Bertz CT molecular complexity index is 490. The molecule has 1 saturated heterocycles. The van der Waals surface area contributed by atoms with Crippen LogP contribution in [0.2, 0.25) is 5.02 Å². The van der Waals surface area contributed by atoms with Gasteiger partial charge in [-0.15, -0.1) is 0 Å². The molecule has 0 aromatic heterocycles. The molecule has 1 aromatic rings. The molecule has 0 radical (unpaired) electrons. The van der Waals surface area contributed by atoms with Gasteiger partial charge in [0, 0.05) is 10.6 Å². The van der Waals surface area contributed by atoms with Gasteiger partial charge in [-0.3, -0.25) is 0 Å². The largest absolute Gasteiger partial charge is 0.317 e. The van der Waals surface area contributed by atoms with E-state index in [1.807, 2.05) is 32.9 Å². The van der Waals surface area contributed by atoms with Crippen LogP contribution >= 0.6 is 11.6 Å². The van der Waals surface area contributed by atoms with E-state index in [1.165, 1.54) is 5.56 Å². The van der Waals surface area contributed by atoms with Gasteiger partial charge in [0.25, 0.3) is 0 Å². The van der Waals surface area contributed by atoms with Crippen LogP contribution in [-0.4, -0.2) is 27.6 Å². The predicted octanol–water partition coefficient (Wildman–Crippen LogP) is 3.06. The highest BCUT2D eigenvalue weighted by atomic mass is 35.5. The Labute approximate surface area is 135 Å². The lowest BCUT2D eigenvalue weighted by atomic mass is 9.83. The van der Waals surface area contributed by atoms with E-state index >= 15 is 0 Å². The fourth-order valence-electron chi connectivity index (χ4n) is 2.56. The first-order chi connectivity index (χ1) is 9.81. The Morgan fingerprint density at radius 1 is 1.24 bits per heavy atom. The van der Waals surface area contributed by atoms with Crippen LogP contribution in [0, 0.1) is 0 Å². The quantitative estimate of drug-likeness (QED) is 0.892. The van der Waals surface area contributed by atoms with Crippen molar-refractivity contribution in [3.05, 3.63) is 34.9 Å². The van der Waals surface area contributed by atoms with Crippen molar-refractivity contribution in [2.24, 2.45) is 0 Å². The summed E-state index contributed by atoms with van der Waals surface area (Å²) in [6.45, 7) is 7.94. The van der Waals surface area contributed by atoms with E-state index in [1.54, 1.807) is 0 Å². The highest BCUT2D eigenvalue weighted by Gasteiger charge is 2.36. The minimum atomic E-state index is -1.06. The third kappa shape index (κ3) is 4.78. The van der Waals surface area contributed by atoms with Crippen LogP contribution in [0.3, 0.4) is 0 Å². The molecule has 5 heteroatoms. The maximum absolute atomic E-state index is 12.5. The molecule has 1 aliphatic heterocycles. The van der Waals surface area contributed by atoms with Gasteiger partial charge < -0.3 is 5.32 Å². The summed E-state index contributed by atoms with van der Waals surface area (Å²) in [5.74, 6) is 0. The summed E-state index contributed by atoms with van der Waals surface area (Å²) in [7, 11) is -1.06. The summed E-state index contributed by atoms with van der Waals surface area (Å²) in [5, 5.41) is 4.14. The molecule has 118 valence electrons. The number of rotatable bonds is 4. The number of halogens is 1. The molecule has 1 heterocycles. The van der Waals surface area contributed by atoms with Crippen molar-refractivity contribution in [2.75, 3.05) is 13.1 Å². The number of hydrogen-bond acceptors (Lipinski definition) is 2. The average molecular weight is 329 g/mol. The lowest BCUT2D eigenvalue weighted by Crippen LogP contribution is -2.56. The molecular weight excluding hydrogens is 304 g/mol. The van der Waals surface area contributed by atoms with Crippen LogP contribution in [-0.2, 0) is 17.4 Å². The molecule has 1 fully saturated rings. The van der Waals surface area contributed by atoms with Crippen molar-refractivity contribution < 1.29 is 4.21 Å². The van der Waals surface area contributed by atoms with Gasteiger partial charge >= 0.3 is 0 Å². The van der Waals surface area contributed by atoms with E-state index in [9.17, 15) is 4.21 Å². The highest BCUT2D eigenvalue weighted by Crippen LogP contribution is 2.26. The van der Waals surface area contributed by atoms with Gasteiger partial charge in [0.2, 0.25) is 0 Å². The van der Waals surface area contributed by atoms with Gasteiger partial charge in [-0.05, 0) is 70.8 Å². The summed E-state index contributed by atoms with van der Waals surface area (Å²) in [6, 6.07) is 7.97. The second-order valence-corrected chi connectivity index (χ2v) is 9.22. The normalized spacial score (nSPS) is 20.2. The van der Waals surface area contributed by atoms with Crippen molar-refractivity contribution in [2.45, 2.75) is 50.3 Å². The summed E-state index contributed by atoms with van der Waals surface area (Å²) < 4.78 is 15.7. The van der Waals surface area contributed by atoms with Crippen molar-refractivity contribution in [3.63, 3.8) is 0 Å². The maximum Gasteiger partial charge on any atom is 0.0975 e. The summed E-state index contributed by atoms with van der Waals surface area (Å²) in [5.41, 5.74) is 1.14. The van der Waals surface area contributed by atoms with Gasteiger partial charge in [-0.25, -0.2) is 8.93 Å². The third-order valence-corrected chi connectivity index (χ3v) is 5.86. The van der Waals surface area contributed by atoms with Crippen molar-refractivity contribution in [1.82, 2.24) is 10.0 Å². The Kier molecular flexibility index (Phi) is 5.47. The molecular formula is C16H25ClN2OS. The SMILES string of the molecule is CC(C)(C)S(=O)NC1(Cc2ccc(Cl)cc2)CCNCC1. The molecule has 3 nitrogen and oxygen atoms in total. The van der Waals surface area contributed by atoms with E-state index in [-0.39, 0.29) is 10.3 Å². The first-order valence-corrected chi connectivity index (χ1v) is 8.98. The summed E-state index contributed by atoms with van der Waals surface area (Å²) >= 11 is 5.96. The minimum absolute atomic E-state index is 0.1000. The topological polar surface area (TPSA) is 41.1 Å². The van der Waals surface area contributed by atoms with Crippen LogP contribution in [0.15, 0.2) is 24.3 Å². The van der Waals surface area contributed by atoms with E-state index in [0.29, 0.717) is 0 Å². The van der Waals surface area contributed by atoms with E-state index in [2.05, 4.69) is 22.2 Å². The Morgan fingerprint density at radius 3 is 2.33 bits per heavy atom. The van der Waals surface area contributed by atoms with Gasteiger partial charge in [0.05, 0.1) is 15.7 Å². The molecule has 0 aliphatic carbocycles. The van der Waals surface area contributed by atoms with Crippen LogP contribution in [0.4, 0.5) is 0 Å². The lowest BCUT2D eigenvalue weighted by Gasteiger charge is -2.40. The van der Waals surface area contributed by atoms with E-state index in [4.69, 9.17) is 11.6 Å². The molecule has 1 aromatic carbocycles.